The minimum absolute atomic E-state index is 0.0589. The lowest BCUT2D eigenvalue weighted by molar-refractivity contribution is -0.123. The molecular formula is C25H27FN4O2. The van der Waals surface area contributed by atoms with Crippen LogP contribution in [0.1, 0.15) is 37.8 Å². The topological polar surface area (TPSA) is 59.4 Å². The molecule has 1 aromatic heterocycles. The number of benzene rings is 2. The van der Waals surface area contributed by atoms with Crippen molar-refractivity contribution in [1.82, 2.24) is 15.1 Å². The molecule has 2 atom stereocenters. The highest BCUT2D eigenvalue weighted by atomic mass is 19.1. The van der Waals surface area contributed by atoms with Crippen LogP contribution in [0.25, 0.3) is 11.1 Å². The maximum atomic E-state index is 13.4. The van der Waals surface area contributed by atoms with Crippen molar-refractivity contribution in [2.45, 2.75) is 44.7 Å². The van der Waals surface area contributed by atoms with E-state index in [0.717, 1.165) is 47.4 Å². The molecule has 0 saturated carbocycles. The molecule has 7 heteroatoms. The predicted molar refractivity (Wildman–Crippen MR) is 122 cm³/mol. The van der Waals surface area contributed by atoms with E-state index in [9.17, 15) is 9.18 Å². The van der Waals surface area contributed by atoms with Crippen LogP contribution in [0, 0.1) is 5.82 Å². The van der Waals surface area contributed by atoms with Crippen LogP contribution >= 0.6 is 0 Å². The van der Waals surface area contributed by atoms with Gasteiger partial charge in [-0.15, -0.1) is 0 Å². The first-order valence-corrected chi connectivity index (χ1v) is 11.1. The number of hydrogen-bond donors (Lipinski definition) is 1. The van der Waals surface area contributed by atoms with E-state index in [-0.39, 0.29) is 17.8 Å². The second-order valence-corrected chi connectivity index (χ2v) is 8.70. The maximum absolute atomic E-state index is 13.4. The summed E-state index contributed by atoms with van der Waals surface area (Å²) in [4.78, 5) is 14.1. The molecule has 1 N–H and O–H groups in total. The Balaban J connectivity index is 1.56. The Hall–Kier alpha value is -3.35. The molecule has 6 nitrogen and oxygen atoms in total. The van der Waals surface area contributed by atoms with Crippen LogP contribution in [-0.4, -0.2) is 35.3 Å². The van der Waals surface area contributed by atoms with Gasteiger partial charge < -0.3 is 15.0 Å². The smallest absolute Gasteiger partial charge is 0.222 e. The molecule has 2 aliphatic rings. The number of hydrogen-bond acceptors (Lipinski definition) is 4. The fourth-order valence-corrected chi connectivity index (χ4v) is 4.61. The highest BCUT2D eigenvalue weighted by Crippen LogP contribution is 2.44. The summed E-state index contributed by atoms with van der Waals surface area (Å²) >= 11 is 0. The molecular weight excluding hydrogens is 407 g/mol. The zero-order valence-electron chi connectivity index (χ0n) is 18.3. The number of piperidine rings is 1. The molecule has 3 heterocycles. The zero-order chi connectivity index (χ0) is 22.2. The summed E-state index contributed by atoms with van der Waals surface area (Å²) in [5.74, 6) is 1.15. The standard InChI is InChI=1S/C25H27FN4O2/c1-16-3-8-22-23(29(16)2)10-9-21(25(22)32-20-6-4-18(26)5-7-20)17-14-28-30(15-17)19-11-12-27-24(31)13-19/h4-7,9-10,14-16,19H,3,8,11-13H2,1-2H3,(H,27,31). The Labute approximate surface area is 187 Å². The number of anilines is 1. The van der Waals surface area contributed by atoms with Crippen molar-refractivity contribution < 1.29 is 13.9 Å². The fraction of sp³-hybridized carbons (Fsp3) is 0.360. The molecule has 2 aliphatic heterocycles. The largest absolute Gasteiger partial charge is 0.456 e. The normalized spacial score (nSPS) is 20.6. The third kappa shape index (κ3) is 3.83. The Bertz CT molecular complexity index is 1140. The van der Waals surface area contributed by atoms with Gasteiger partial charge in [-0.1, -0.05) is 0 Å². The molecule has 0 radical (unpaired) electrons. The molecule has 0 bridgehead atoms. The third-order valence-corrected chi connectivity index (χ3v) is 6.63. The lowest BCUT2D eigenvalue weighted by Gasteiger charge is -2.35. The second-order valence-electron chi connectivity index (χ2n) is 8.70. The van der Waals surface area contributed by atoms with Gasteiger partial charge in [0.05, 0.1) is 12.2 Å². The number of aromatic nitrogens is 2. The van der Waals surface area contributed by atoms with Crippen molar-refractivity contribution in [2.75, 3.05) is 18.5 Å². The van der Waals surface area contributed by atoms with Gasteiger partial charge >= 0.3 is 0 Å². The van der Waals surface area contributed by atoms with Crippen molar-refractivity contribution in [3.8, 4) is 22.6 Å². The molecule has 1 saturated heterocycles. The van der Waals surface area contributed by atoms with E-state index in [1.54, 1.807) is 12.1 Å². The van der Waals surface area contributed by atoms with Gasteiger partial charge in [0.2, 0.25) is 5.91 Å². The van der Waals surface area contributed by atoms with E-state index < -0.39 is 0 Å². The van der Waals surface area contributed by atoms with Crippen molar-refractivity contribution in [2.24, 2.45) is 0 Å². The highest BCUT2D eigenvalue weighted by Gasteiger charge is 2.27. The summed E-state index contributed by atoms with van der Waals surface area (Å²) in [6, 6.07) is 10.8. The number of amides is 1. The summed E-state index contributed by atoms with van der Waals surface area (Å²) in [5.41, 5.74) is 4.19. The van der Waals surface area contributed by atoms with E-state index in [2.05, 4.69) is 41.4 Å². The number of carbonyl (C=O) groups is 1. The van der Waals surface area contributed by atoms with Crippen LogP contribution in [0.2, 0.25) is 0 Å². The molecule has 5 rings (SSSR count). The van der Waals surface area contributed by atoms with Crippen LogP contribution < -0.4 is 15.0 Å². The number of rotatable bonds is 4. The zero-order valence-corrected chi connectivity index (χ0v) is 18.3. The van der Waals surface area contributed by atoms with Gasteiger partial charge in [-0.3, -0.25) is 9.48 Å². The molecule has 1 amide bonds. The number of nitrogens with zero attached hydrogens (tertiary/aromatic N) is 3. The number of carbonyl (C=O) groups excluding carboxylic acids is 1. The van der Waals surface area contributed by atoms with Gasteiger partial charge in [0.1, 0.15) is 17.3 Å². The first-order chi connectivity index (χ1) is 15.5. The van der Waals surface area contributed by atoms with Crippen LogP contribution in [0.5, 0.6) is 11.5 Å². The summed E-state index contributed by atoms with van der Waals surface area (Å²) < 4.78 is 21.7. The highest BCUT2D eigenvalue weighted by molar-refractivity contribution is 5.78. The van der Waals surface area contributed by atoms with Crippen molar-refractivity contribution in [3.63, 3.8) is 0 Å². The average Bonchev–Trinajstić information content (AvgIpc) is 3.28. The van der Waals surface area contributed by atoms with E-state index in [0.29, 0.717) is 24.8 Å². The molecule has 0 aliphatic carbocycles. The van der Waals surface area contributed by atoms with E-state index in [1.165, 1.54) is 12.1 Å². The van der Waals surface area contributed by atoms with Gasteiger partial charge in [0.15, 0.2) is 0 Å². The number of halogens is 1. The third-order valence-electron chi connectivity index (χ3n) is 6.63. The summed E-state index contributed by atoms with van der Waals surface area (Å²) in [5, 5.41) is 7.44. The summed E-state index contributed by atoms with van der Waals surface area (Å²) in [7, 11) is 2.11. The van der Waals surface area contributed by atoms with Crippen LogP contribution in [0.4, 0.5) is 10.1 Å². The fourth-order valence-electron chi connectivity index (χ4n) is 4.61. The van der Waals surface area contributed by atoms with E-state index >= 15 is 0 Å². The first-order valence-electron chi connectivity index (χ1n) is 11.1. The average molecular weight is 435 g/mol. The van der Waals surface area contributed by atoms with Crippen molar-refractivity contribution in [3.05, 3.63) is 60.2 Å². The molecule has 1 fully saturated rings. The Morgan fingerprint density at radius 1 is 1.16 bits per heavy atom. The van der Waals surface area contributed by atoms with Crippen molar-refractivity contribution in [1.29, 1.82) is 0 Å². The molecule has 0 spiro atoms. The van der Waals surface area contributed by atoms with Crippen LogP contribution in [-0.2, 0) is 11.2 Å². The molecule has 32 heavy (non-hydrogen) atoms. The number of fused-ring (bicyclic) bond motifs is 1. The monoisotopic (exact) mass is 434 g/mol. The quantitative estimate of drug-likeness (QED) is 0.647. The lowest BCUT2D eigenvalue weighted by Crippen LogP contribution is -2.34. The number of nitrogens with one attached hydrogen (secondary N) is 1. The van der Waals surface area contributed by atoms with Crippen LogP contribution in [0.3, 0.4) is 0 Å². The van der Waals surface area contributed by atoms with Crippen LogP contribution in [0.15, 0.2) is 48.8 Å². The van der Waals surface area contributed by atoms with Gasteiger partial charge in [-0.2, -0.15) is 5.10 Å². The lowest BCUT2D eigenvalue weighted by atomic mass is 9.93. The number of ether oxygens (including phenoxy) is 1. The molecule has 2 aromatic carbocycles. The summed E-state index contributed by atoms with van der Waals surface area (Å²) in [6.45, 7) is 2.89. The van der Waals surface area contributed by atoms with Crippen molar-refractivity contribution >= 4 is 11.6 Å². The Kier molecular flexibility index (Phi) is 5.33. The molecule has 3 aromatic rings. The van der Waals surface area contributed by atoms with E-state index in [4.69, 9.17) is 4.74 Å². The molecule has 2 unspecified atom stereocenters. The maximum Gasteiger partial charge on any atom is 0.222 e. The second kappa shape index (κ2) is 8.30. The predicted octanol–water partition coefficient (Wildman–Crippen LogP) is 4.70. The van der Waals surface area contributed by atoms with Gasteiger partial charge in [0, 0.05) is 54.6 Å². The van der Waals surface area contributed by atoms with Gasteiger partial charge in [-0.05, 0) is 62.6 Å². The summed E-state index contributed by atoms with van der Waals surface area (Å²) in [6.07, 6.45) is 7.07. The Morgan fingerprint density at radius 2 is 1.97 bits per heavy atom. The molecule has 166 valence electrons. The SMILES string of the molecule is CC1CCc2c(ccc(-c3cnn(C4CCNC(=O)C4)c3)c2Oc2ccc(F)cc2)N1C. The van der Waals surface area contributed by atoms with Gasteiger partial charge in [0.25, 0.3) is 0 Å². The minimum Gasteiger partial charge on any atom is -0.456 e. The van der Waals surface area contributed by atoms with Gasteiger partial charge in [-0.25, -0.2) is 4.39 Å². The van der Waals surface area contributed by atoms with E-state index in [1.807, 2.05) is 17.1 Å². The minimum atomic E-state index is -0.293. The Morgan fingerprint density at radius 3 is 2.75 bits per heavy atom. The first kappa shape index (κ1) is 20.5.